The summed E-state index contributed by atoms with van der Waals surface area (Å²) in [6.07, 6.45) is 6.51. The van der Waals surface area contributed by atoms with Crippen molar-refractivity contribution in [2.45, 2.75) is 6.54 Å². The van der Waals surface area contributed by atoms with Crippen LogP contribution in [0.3, 0.4) is 0 Å². The van der Waals surface area contributed by atoms with Crippen LogP contribution in [0.2, 0.25) is 0 Å². The number of aromatic nitrogens is 4. The Morgan fingerprint density at radius 1 is 1.29 bits per heavy atom. The van der Waals surface area contributed by atoms with Crippen molar-refractivity contribution in [1.29, 1.82) is 0 Å². The number of anilines is 2. The van der Waals surface area contributed by atoms with Crippen LogP contribution in [0.4, 0.5) is 11.4 Å². The summed E-state index contributed by atoms with van der Waals surface area (Å²) in [7, 11) is 0. The predicted octanol–water partition coefficient (Wildman–Crippen LogP) is 0.402. The lowest BCUT2D eigenvalue weighted by Gasteiger charge is -2.03. The Morgan fingerprint density at radius 3 is 2.79 bits per heavy atom. The molecule has 6 nitrogen and oxygen atoms in total. The van der Waals surface area contributed by atoms with Gasteiger partial charge >= 0.3 is 0 Å². The molecule has 0 unspecified atom stereocenters. The minimum absolute atomic E-state index is 0.413. The lowest BCUT2D eigenvalue weighted by molar-refractivity contribution is 0.948. The van der Waals surface area contributed by atoms with Gasteiger partial charge in [0.15, 0.2) is 0 Å². The Labute approximate surface area is 80.6 Å². The molecule has 0 saturated carbocycles. The van der Waals surface area contributed by atoms with E-state index in [2.05, 4.69) is 25.5 Å². The maximum absolute atomic E-state index is 5.51. The molecule has 0 aliphatic heterocycles. The van der Waals surface area contributed by atoms with E-state index in [9.17, 15) is 0 Å². The van der Waals surface area contributed by atoms with Gasteiger partial charge in [0.05, 0.1) is 35.7 Å². The normalized spacial score (nSPS) is 10.1. The Bertz CT molecular complexity index is 395. The molecular weight excluding hydrogens is 180 g/mol. The molecule has 2 aromatic heterocycles. The molecule has 6 heteroatoms. The Morgan fingerprint density at radius 2 is 2.07 bits per heavy atom. The molecule has 0 radical (unpaired) electrons. The molecule has 2 heterocycles. The van der Waals surface area contributed by atoms with Crippen molar-refractivity contribution in [1.82, 2.24) is 20.2 Å². The van der Waals surface area contributed by atoms with E-state index in [1.165, 1.54) is 6.33 Å². The maximum Gasteiger partial charge on any atom is 0.115 e. The van der Waals surface area contributed by atoms with Crippen LogP contribution in [-0.4, -0.2) is 20.2 Å². The fourth-order valence-corrected chi connectivity index (χ4v) is 1.10. The van der Waals surface area contributed by atoms with Crippen LogP contribution in [0, 0.1) is 0 Å². The number of nitrogens with one attached hydrogen (secondary N) is 2. The summed E-state index contributed by atoms with van der Waals surface area (Å²) < 4.78 is 0. The third kappa shape index (κ3) is 1.69. The highest BCUT2D eigenvalue weighted by atomic mass is 15.1. The number of aromatic amines is 1. The smallest absolute Gasteiger partial charge is 0.115 e. The van der Waals surface area contributed by atoms with Gasteiger partial charge in [0.1, 0.15) is 6.33 Å². The highest BCUT2D eigenvalue weighted by molar-refractivity contribution is 5.59. The van der Waals surface area contributed by atoms with E-state index in [1.807, 2.05) is 0 Å². The van der Waals surface area contributed by atoms with E-state index in [1.54, 1.807) is 18.6 Å². The highest BCUT2D eigenvalue weighted by Gasteiger charge is 2.02. The lowest BCUT2D eigenvalue weighted by atomic mass is 10.3. The highest BCUT2D eigenvalue weighted by Crippen LogP contribution is 2.16. The molecule has 0 bridgehead atoms. The summed E-state index contributed by atoms with van der Waals surface area (Å²) in [6.45, 7) is 0.413. The Balaban J connectivity index is 2.19. The van der Waals surface area contributed by atoms with Crippen molar-refractivity contribution in [2.24, 2.45) is 5.73 Å². The number of H-pyrrole nitrogens is 1. The first kappa shape index (κ1) is 8.64. The zero-order valence-corrected chi connectivity index (χ0v) is 7.44. The topological polar surface area (TPSA) is 92.5 Å². The molecule has 0 aromatic carbocycles. The maximum atomic E-state index is 5.51. The molecule has 4 N–H and O–H groups in total. The lowest BCUT2D eigenvalue weighted by Crippen LogP contribution is -2.01. The van der Waals surface area contributed by atoms with Gasteiger partial charge in [-0.05, 0) is 0 Å². The summed E-state index contributed by atoms with van der Waals surface area (Å²) >= 11 is 0. The van der Waals surface area contributed by atoms with Gasteiger partial charge in [0.2, 0.25) is 0 Å². The van der Waals surface area contributed by atoms with Crippen LogP contribution in [0.15, 0.2) is 24.9 Å². The Kier molecular flexibility index (Phi) is 2.37. The van der Waals surface area contributed by atoms with Crippen molar-refractivity contribution in [3.8, 4) is 0 Å². The largest absolute Gasteiger partial charge is 0.350 e. The quantitative estimate of drug-likeness (QED) is 0.651. The molecule has 0 aliphatic rings. The molecule has 0 fully saturated rings. The first-order valence-electron chi connectivity index (χ1n) is 4.14. The zero-order valence-electron chi connectivity index (χ0n) is 7.44. The molecule has 0 spiro atoms. The van der Waals surface area contributed by atoms with Crippen molar-refractivity contribution >= 4 is 11.4 Å². The van der Waals surface area contributed by atoms with Crippen molar-refractivity contribution in [3.63, 3.8) is 0 Å². The van der Waals surface area contributed by atoms with Gasteiger partial charge in [-0.3, -0.25) is 5.10 Å². The van der Waals surface area contributed by atoms with Crippen LogP contribution < -0.4 is 11.1 Å². The zero-order chi connectivity index (χ0) is 9.80. The molecule has 72 valence electrons. The first-order valence-corrected chi connectivity index (χ1v) is 4.14. The molecule has 14 heavy (non-hydrogen) atoms. The van der Waals surface area contributed by atoms with E-state index in [0.717, 1.165) is 17.1 Å². The van der Waals surface area contributed by atoms with Crippen LogP contribution in [0.1, 0.15) is 5.69 Å². The monoisotopic (exact) mass is 190 g/mol. The van der Waals surface area contributed by atoms with E-state index < -0.39 is 0 Å². The van der Waals surface area contributed by atoms with E-state index in [-0.39, 0.29) is 0 Å². The number of nitrogens with two attached hydrogens (primary N) is 1. The molecule has 0 amide bonds. The van der Waals surface area contributed by atoms with Gasteiger partial charge in [0.25, 0.3) is 0 Å². The second-order valence-corrected chi connectivity index (χ2v) is 2.72. The van der Waals surface area contributed by atoms with Crippen molar-refractivity contribution < 1.29 is 0 Å². The third-order valence-electron chi connectivity index (χ3n) is 1.76. The molecule has 2 rings (SSSR count). The first-order chi connectivity index (χ1) is 6.90. The minimum atomic E-state index is 0.413. The molecule has 0 saturated heterocycles. The average Bonchev–Trinajstić information content (AvgIpc) is 2.67. The Hall–Kier alpha value is -1.95. The van der Waals surface area contributed by atoms with Gasteiger partial charge < -0.3 is 11.1 Å². The average molecular weight is 190 g/mol. The number of nitrogens with zero attached hydrogens (tertiary/aromatic N) is 3. The summed E-state index contributed by atoms with van der Waals surface area (Å²) in [6, 6.07) is 0. The third-order valence-corrected chi connectivity index (χ3v) is 1.76. The van der Waals surface area contributed by atoms with Gasteiger partial charge in [-0.2, -0.15) is 5.10 Å². The second kappa shape index (κ2) is 3.84. The van der Waals surface area contributed by atoms with E-state index in [4.69, 9.17) is 5.73 Å². The molecule has 0 aliphatic carbocycles. The second-order valence-electron chi connectivity index (χ2n) is 2.72. The van der Waals surface area contributed by atoms with Crippen LogP contribution >= 0.6 is 0 Å². The fourth-order valence-electron chi connectivity index (χ4n) is 1.10. The van der Waals surface area contributed by atoms with Gasteiger partial charge in [0, 0.05) is 6.54 Å². The summed E-state index contributed by atoms with van der Waals surface area (Å²) in [4.78, 5) is 7.77. The van der Waals surface area contributed by atoms with Crippen molar-refractivity contribution in [2.75, 3.05) is 5.32 Å². The number of rotatable bonds is 3. The SMILES string of the molecule is NCc1[nH]ncc1Nc1cncnc1. The van der Waals surface area contributed by atoms with Crippen molar-refractivity contribution in [3.05, 3.63) is 30.6 Å². The van der Waals surface area contributed by atoms with Gasteiger partial charge in [-0.1, -0.05) is 0 Å². The summed E-state index contributed by atoms with van der Waals surface area (Å²) in [5.41, 5.74) is 8.02. The van der Waals surface area contributed by atoms with E-state index in [0.29, 0.717) is 6.54 Å². The number of hydrogen-bond acceptors (Lipinski definition) is 5. The minimum Gasteiger partial charge on any atom is -0.350 e. The predicted molar refractivity (Wildman–Crippen MR) is 51.8 cm³/mol. The number of hydrogen-bond donors (Lipinski definition) is 3. The van der Waals surface area contributed by atoms with E-state index >= 15 is 0 Å². The van der Waals surface area contributed by atoms with Crippen LogP contribution in [0.25, 0.3) is 0 Å². The van der Waals surface area contributed by atoms with Crippen LogP contribution in [0.5, 0.6) is 0 Å². The molecule has 2 aromatic rings. The standard InChI is InChI=1S/C8H10N6/c9-1-7-8(4-12-14-7)13-6-2-10-5-11-3-6/h2-5,13H,1,9H2,(H,12,14). The molecular formula is C8H10N6. The van der Waals surface area contributed by atoms with Gasteiger partial charge in [-0.25, -0.2) is 9.97 Å². The summed E-state index contributed by atoms with van der Waals surface area (Å²) in [5.74, 6) is 0. The fraction of sp³-hybridized carbons (Fsp3) is 0.125. The van der Waals surface area contributed by atoms with Crippen LogP contribution in [-0.2, 0) is 6.54 Å². The van der Waals surface area contributed by atoms with Gasteiger partial charge in [-0.15, -0.1) is 0 Å². The molecule has 0 atom stereocenters. The summed E-state index contributed by atoms with van der Waals surface area (Å²) in [5, 5.41) is 9.78.